The number of benzene rings is 1. The van der Waals surface area contributed by atoms with Crippen LogP contribution in [0.2, 0.25) is 5.02 Å². The maximum absolute atomic E-state index is 12.4. The summed E-state index contributed by atoms with van der Waals surface area (Å²) in [4.78, 5) is 14.3. The van der Waals surface area contributed by atoms with E-state index in [-0.39, 0.29) is 12.1 Å². The summed E-state index contributed by atoms with van der Waals surface area (Å²) >= 11 is 5.83. The number of nitrogens with zero attached hydrogens (tertiary/aromatic N) is 1. The van der Waals surface area contributed by atoms with E-state index in [1.54, 1.807) is 12.1 Å². The molecule has 0 spiro atoms. The summed E-state index contributed by atoms with van der Waals surface area (Å²) in [5.41, 5.74) is 6.80. The molecule has 0 aromatic heterocycles. The number of piperidine rings is 1. The Bertz CT molecular complexity index is 462. The third-order valence-corrected chi connectivity index (χ3v) is 4.35. The number of fused-ring (bicyclic) bond motifs is 2. The van der Waals surface area contributed by atoms with E-state index >= 15 is 0 Å². The number of hydrogen-bond donors (Lipinski definition) is 2. The number of anilines is 1. The SMILES string of the molecule is NC1CC2CCC(C1)N2C(=O)Nc1ccc(Cl)cc1. The highest BCUT2D eigenvalue weighted by atomic mass is 35.5. The van der Waals surface area contributed by atoms with Crippen molar-refractivity contribution in [3.8, 4) is 0 Å². The van der Waals surface area contributed by atoms with Crippen LogP contribution in [0.5, 0.6) is 0 Å². The van der Waals surface area contributed by atoms with Gasteiger partial charge in [-0.05, 0) is 49.9 Å². The van der Waals surface area contributed by atoms with Gasteiger partial charge in [0.05, 0.1) is 0 Å². The quantitative estimate of drug-likeness (QED) is 0.830. The monoisotopic (exact) mass is 279 g/mol. The zero-order valence-electron chi connectivity index (χ0n) is 10.7. The molecule has 2 aliphatic heterocycles. The summed E-state index contributed by atoms with van der Waals surface area (Å²) in [6, 6.07) is 8.03. The van der Waals surface area contributed by atoms with Crippen molar-refractivity contribution in [2.75, 3.05) is 5.32 Å². The molecule has 2 fully saturated rings. The molecular weight excluding hydrogens is 262 g/mol. The molecule has 3 N–H and O–H groups in total. The second kappa shape index (κ2) is 5.02. The van der Waals surface area contributed by atoms with Gasteiger partial charge in [0.1, 0.15) is 0 Å². The Labute approximate surface area is 117 Å². The summed E-state index contributed by atoms with van der Waals surface area (Å²) in [7, 11) is 0. The normalized spacial score (nSPS) is 29.4. The molecule has 2 amide bonds. The lowest BCUT2D eigenvalue weighted by molar-refractivity contribution is 0.150. The average molecular weight is 280 g/mol. The third-order valence-electron chi connectivity index (χ3n) is 4.10. The topological polar surface area (TPSA) is 58.4 Å². The van der Waals surface area contributed by atoms with Gasteiger partial charge in [-0.1, -0.05) is 11.6 Å². The lowest BCUT2D eigenvalue weighted by atomic mass is 9.99. The van der Waals surface area contributed by atoms with Crippen LogP contribution in [0.4, 0.5) is 10.5 Å². The number of amides is 2. The van der Waals surface area contributed by atoms with Crippen molar-refractivity contribution < 1.29 is 4.79 Å². The lowest BCUT2D eigenvalue weighted by Crippen LogP contribution is -2.51. The van der Waals surface area contributed by atoms with E-state index in [0.717, 1.165) is 31.4 Å². The minimum atomic E-state index is -0.0123. The van der Waals surface area contributed by atoms with Crippen molar-refractivity contribution >= 4 is 23.3 Å². The fourth-order valence-corrected chi connectivity index (χ4v) is 3.40. The van der Waals surface area contributed by atoms with Crippen LogP contribution >= 0.6 is 11.6 Å². The predicted molar refractivity (Wildman–Crippen MR) is 76.3 cm³/mol. The fraction of sp³-hybridized carbons (Fsp3) is 0.500. The van der Waals surface area contributed by atoms with Crippen LogP contribution in [-0.2, 0) is 0 Å². The van der Waals surface area contributed by atoms with E-state index < -0.39 is 0 Å². The van der Waals surface area contributed by atoms with Crippen molar-refractivity contribution in [1.82, 2.24) is 4.90 Å². The number of carbonyl (C=O) groups is 1. The lowest BCUT2D eigenvalue weighted by Gasteiger charge is -2.37. The van der Waals surface area contributed by atoms with Crippen molar-refractivity contribution in [3.63, 3.8) is 0 Å². The Morgan fingerprint density at radius 3 is 2.37 bits per heavy atom. The second-order valence-corrected chi connectivity index (χ2v) is 5.90. The molecule has 3 rings (SSSR count). The molecule has 2 unspecified atom stereocenters. The van der Waals surface area contributed by atoms with Gasteiger partial charge in [0.15, 0.2) is 0 Å². The standard InChI is InChI=1S/C14H18ClN3O/c15-9-1-3-11(4-2-9)17-14(19)18-12-5-6-13(18)8-10(16)7-12/h1-4,10,12-13H,5-8,16H2,(H,17,19). The van der Waals surface area contributed by atoms with Crippen LogP contribution in [0.1, 0.15) is 25.7 Å². The molecule has 0 aliphatic carbocycles. The summed E-state index contributed by atoms with van der Waals surface area (Å²) in [5, 5.41) is 3.61. The van der Waals surface area contributed by atoms with Crippen molar-refractivity contribution in [2.24, 2.45) is 5.73 Å². The minimum Gasteiger partial charge on any atom is -0.328 e. The third kappa shape index (κ3) is 2.55. The number of hydrogen-bond acceptors (Lipinski definition) is 2. The molecule has 2 heterocycles. The Kier molecular flexibility index (Phi) is 3.37. The van der Waals surface area contributed by atoms with Gasteiger partial charge in [0.25, 0.3) is 0 Å². The summed E-state index contributed by atoms with van der Waals surface area (Å²) < 4.78 is 0. The van der Waals surface area contributed by atoms with E-state index in [1.807, 2.05) is 17.0 Å². The molecule has 2 bridgehead atoms. The Morgan fingerprint density at radius 2 is 1.79 bits per heavy atom. The maximum atomic E-state index is 12.4. The van der Waals surface area contributed by atoms with Crippen LogP contribution in [-0.4, -0.2) is 29.1 Å². The van der Waals surface area contributed by atoms with Crippen LogP contribution in [0, 0.1) is 0 Å². The minimum absolute atomic E-state index is 0.0123. The summed E-state index contributed by atoms with van der Waals surface area (Å²) in [6.45, 7) is 0. The first-order valence-electron chi connectivity index (χ1n) is 6.74. The fourth-order valence-electron chi connectivity index (χ4n) is 3.27. The largest absolute Gasteiger partial charge is 0.328 e. The Balaban J connectivity index is 1.69. The molecule has 19 heavy (non-hydrogen) atoms. The summed E-state index contributed by atoms with van der Waals surface area (Å²) in [5.74, 6) is 0. The zero-order valence-corrected chi connectivity index (χ0v) is 11.4. The van der Waals surface area contributed by atoms with Crippen LogP contribution < -0.4 is 11.1 Å². The van der Waals surface area contributed by atoms with E-state index in [1.165, 1.54) is 0 Å². The first-order valence-corrected chi connectivity index (χ1v) is 7.12. The number of nitrogens with two attached hydrogens (primary N) is 1. The molecule has 2 aliphatic rings. The first kappa shape index (κ1) is 12.8. The average Bonchev–Trinajstić information content (AvgIpc) is 2.65. The van der Waals surface area contributed by atoms with Crippen molar-refractivity contribution in [2.45, 2.75) is 43.8 Å². The predicted octanol–water partition coefficient (Wildman–Crippen LogP) is 2.83. The molecule has 5 heteroatoms. The van der Waals surface area contributed by atoms with Gasteiger partial charge in [0.2, 0.25) is 0 Å². The van der Waals surface area contributed by atoms with Gasteiger partial charge < -0.3 is 16.0 Å². The van der Waals surface area contributed by atoms with Gasteiger partial charge in [-0.2, -0.15) is 0 Å². The Hall–Kier alpha value is -1.26. The number of nitrogens with one attached hydrogen (secondary N) is 1. The second-order valence-electron chi connectivity index (χ2n) is 5.46. The maximum Gasteiger partial charge on any atom is 0.322 e. The number of halogens is 1. The van der Waals surface area contributed by atoms with Gasteiger partial charge in [-0.25, -0.2) is 4.79 Å². The molecule has 4 nitrogen and oxygen atoms in total. The number of urea groups is 1. The van der Waals surface area contributed by atoms with Crippen LogP contribution in [0.15, 0.2) is 24.3 Å². The summed E-state index contributed by atoms with van der Waals surface area (Å²) in [6.07, 6.45) is 3.99. The highest BCUT2D eigenvalue weighted by molar-refractivity contribution is 6.30. The van der Waals surface area contributed by atoms with Crippen molar-refractivity contribution in [3.05, 3.63) is 29.3 Å². The number of rotatable bonds is 1. The molecule has 0 saturated carbocycles. The molecule has 1 aromatic rings. The van der Waals surface area contributed by atoms with E-state index in [4.69, 9.17) is 17.3 Å². The highest BCUT2D eigenvalue weighted by Gasteiger charge is 2.42. The van der Waals surface area contributed by atoms with Gasteiger partial charge in [-0.15, -0.1) is 0 Å². The molecule has 2 atom stereocenters. The van der Waals surface area contributed by atoms with E-state index in [0.29, 0.717) is 17.1 Å². The van der Waals surface area contributed by atoms with Gasteiger partial charge in [-0.3, -0.25) is 0 Å². The Morgan fingerprint density at radius 1 is 1.21 bits per heavy atom. The highest BCUT2D eigenvalue weighted by Crippen LogP contribution is 2.35. The van der Waals surface area contributed by atoms with Crippen molar-refractivity contribution in [1.29, 1.82) is 0 Å². The van der Waals surface area contributed by atoms with Gasteiger partial charge in [0, 0.05) is 28.8 Å². The molecule has 2 saturated heterocycles. The smallest absolute Gasteiger partial charge is 0.322 e. The molecule has 0 radical (unpaired) electrons. The zero-order chi connectivity index (χ0) is 13.4. The first-order chi connectivity index (χ1) is 9.13. The van der Waals surface area contributed by atoms with Crippen LogP contribution in [0.25, 0.3) is 0 Å². The molecule has 102 valence electrons. The number of carbonyl (C=O) groups excluding carboxylic acids is 1. The van der Waals surface area contributed by atoms with Gasteiger partial charge >= 0.3 is 6.03 Å². The molecule has 1 aromatic carbocycles. The van der Waals surface area contributed by atoms with E-state index in [2.05, 4.69) is 5.32 Å². The van der Waals surface area contributed by atoms with Crippen LogP contribution in [0.3, 0.4) is 0 Å². The molecular formula is C14H18ClN3O. The van der Waals surface area contributed by atoms with E-state index in [9.17, 15) is 4.79 Å².